The second-order valence-electron chi connectivity index (χ2n) is 1.21. The maximum Gasteiger partial charge on any atom is 0.514 e. The molecular formula is HCu2NO9S2. The summed E-state index contributed by atoms with van der Waals surface area (Å²) in [4.78, 5) is 9.83. The van der Waals surface area contributed by atoms with E-state index < -0.39 is 25.9 Å². The summed E-state index contributed by atoms with van der Waals surface area (Å²) < 4.78 is 61.2. The predicted molar refractivity (Wildman–Crippen MR) is 27.0 cm³/mol. The first-order valence-electron chi connectivity index (χ1n) is 1.90. The van der Waals surface area contributed by atoms with Crippen LogP contribution in [0.4, 0.5) is 0 Å². The van der Waals surface area contributed by atoms with Gasteiger partial charge >= 0.3 is 25.9 Å². The van der Waals surface area contributed by atoms with E-state index in [1.54, 1.807) is 0 Å². The van der Waals surface area contributed by atoms with E-state index in [1.165, 1.54) is 0 Å². The van der Waals surface area contributed by atoms with Gasteiger partial charge in [-0.3, -0.25) is 0 Å². The van der Waals surface area contributed by atoms with Gasteiger partial charge in [0.1, 0.15) is 4.91 Å². The molecule has 10 nitrogen and oxygen atoms in total. The number of hydrogen-bond donors (Lipinski definition) is 1. The summed E-state index contributed by atoms with van der Waals surface area (Å²) in [5.41, 5.74) is 0. The van der Waals surface area contributed by atoms with Gasteiger partial charge < -0.3 is 4.55 Å². The van der Waals surface area contributed by atoms with Crippen molar-refractivity contribution in [3.05, 3.63) is 4.91 Å². The predicted octanol–water partition coefficient (Wildman–Crippen LogP) is -2.11. The zero-order chi connectivity index (χ0) is 9.99. The van der Waals surface area contributed by atoms with Crippen molar-refractivity contribution in [2.45, 2.75) is 0 Å². The van der Waals surface area contributed by atoms with Crippen LogP contribution in [-0.2, 0) is 63.5 Å². The van der Waals surface area contributed by atoms with E-state index in [-0.39, 0.29) is 34.1 Å². The molecule has 0 rings (SSSR count). The van der Waals surface area contributed by atoms with E-state index in [9.17, 15) is 26.3 Å². The van der Waals surface area contributed by atoms with Gasteiger partial charge in [-0.25, -0.2) is 4.55 Å². The third-order valence-electron chi connectivity index (χ3n) is 0.307. The van der Waals surface area contributed by atoms with Crippen molar-refractivity contribution < 1.29 is 73.7 Å². The quantitative estimate of drug-likeness (QED) is 0.260. The first-order chi connectivity index (χ1) is 5.10. The molecule has 0 aliphatic carbocycles. The smallest absolute Gasteiger partial charge is 0.514 e. The molecule has 0 fully saturated rings. The summed E-state index contributed by atoms with van der Waals surface area (Å²) in [6, 6.07) is 0. The molecule has 14 heteroatoms. The summed E-state index contributed by atoms with van der Waals surface area (Å²) in [7, 11) is -10.6. The minimum atomic E-state index is -5.43. The van der Waals surface area contributed by atoms with Crippen LogP contribution >= 0.6 is 0 Å². The Bertz CT molecular complexity index is 328. The molecule has 0 unspecified atom stereocenters. The van der Waals surface area contributed by atoms with Crippen molar-refractivity contribution in [1.29, 1.82) is 0 Å². The van der Waals surface area contributed by atoms with E-state index >= 15 is 0 Å². The normalized spacial score (nSPS) is 10.4. The van der Waals surface area contributed by atoms with Gasteiger partial charge in [0.15, 0.2) is 0 Å². The van der Waals surface area contributed by atoms with E-state index in [0.717, 1.165) is 0 Å². The van der Waals surface area contributed by atoms with E-state index in [2.05, 4.69) is 8.57 Å². The standard InChI is InChI=1S/2Cu.HNO9S2/c;;2-1(9-11(3,4)5)10-12(6,7)8/h;;(H-,3,4,5,6,7,8). The maximum atomic E-state index is 9.83. The first kappa shape index (κ1) is 19.6. The molecule has 0 atom stereocenters. The molecule has 0 amide bonds. The molecule has 0 aromatic rings. The molecule has 94 valence electrons. The molecule has 0 heterocycles. The van der Waals surface area contributed by atoms with Crippen LogP contribution < -0.4 is 0 Å². The second kappa shape index (κ2) is 6.53. The van der Waals surface area contributed by atoms with Crippen molar-refractivity contribution in [2.75, 3.05) is 0 Å². The molecule has 0 aromatic heterocycles. The van der Waals surface area contributed by atoms with Gasteiger partial charge in [-0.05, 0) is 4.28 Å². The Labute approximate surface area is 99.3 Å². The summed E-state index contributed by atoms with van der Waals surface area (Å²) in [6.45, 7) is 0. The third-order valence-corrected chi connectivity index (χ3v) is 0.922. The molecule has 0 aliphatic heterocycles. The summed E-state index contributed by atoms with van der Waals surface area (Å²) in [6.07, 6.45) is 0. The Balaban J connectivity index is -0.000000605. The van der Waals surface area contributed by atoms with Gasteiger partial charge in [-0.15, -0.1) is 0 Å². The minimum absolute atomic E-state index is 0. The topological polar surface area (TPSA) is 150 Å². The Morgan fingerprint density at radius 1 is 1.07 bits per heavy atom. The summed E-state index contributed by atoms with van der Waals surface area (Å²) >= 11 is 0. The largest absolute Gasteiger partial charge is 0.711 e. The van der Waals surface area contributed by atoms with E-state index in [1.807, 2.05) is 0 Å². The Morgan fingerprint density at radius 3 is 1.64 bits per heavy atom. The van der Waals surface area contributed by atoms with Gasteiger partial charge in [-0.1, -0.05) is 4.28 Å². The second-order valence-corrected chi connectivity index (χ2v) is 3.18. The van der Waals surface area contributed by atoms with Crippen LogP contribution in [0, 0.1) is 4.91 Å². The molecule has 0 aromatic carbocycles. The molecule has 1 N–H and O–H groups in total. The molecule has 0 bridgehead atoms. The molecule has 0 saturated heterocycles. The van der Waals surface area contributed by atoms with Crippen molar-refractivity contribution in [3.8, 4) is 0 Å². The Morgan fingerprint density at radius 2 is 1.43 bits per heavy atom. The number of rotatable bonds is 4. The van der Waals surface area contributed by atoms with Crippen molar-refractivity contribution >= 4 is 20.8 Å². The molecular weight excluding hydrogens is 349 g/mol. The average molecular weight is 350 g/mol. The zero-order valence-electron chi connectivity index (χ0n) is 5.58. The van der Waals surface area contributed by atoms with Gasteiger partial charge in [0.25, 0.3) is 0 Å². The van der Waals surface area contributed by atoms with Gasteiger partial charge in [-0.2, -0.15) is 16.8 Å². The van der Waals surface area contributed by atoms with Crippen molar-refractivity contribution in [3.63, 3.8) is 0 Å². The molecule has 2 radical (unpaired) electrons. The maximum absolute atomic E-state index is 9.83. The van der Waals surface area contributed by atoms with Crippen LogP contribution in [0.3, 0.4) is 0 Å². The van der Waals surface area contributed by atoms with E-state index in [0.29, 0.717) is 0 Å². The SMILES string of the molecule is O=[N+](OS(=O)(=O)[O-])OS(=O)(=O)O.[Cu].[Cu]. The Hall–Kier alpha value is 0.0590. The minimum Gasteiger partial charge on any atom is -0.711 e. The monoisotopic (exact) mass is 349 g/mol. The van der Waals surface area contributed by atoms with Crippen LogP contribution in [0.25, 0.3) is 0 Å². The molecule has 0 spiro atoms. The summed E-state index contributed by atoms with van der Waals surface area (Å²) in [5, 5.41) is -1.57. The fraction of sp³-hybridized carbons (Fsp3) is 0. The van der Waals surface area contributed by atoms with Gasteiger partial charge in [0, 0.05) is 34.1 Å². The van der Waals surface area contributed by atoms with E-state index in [4.69, 9.17) is 4.55 Å². The summed E-state index contributed by atoms with van der Waals surface area (Å²) in [5.74, 6) is 0. The molecule has 0 aliphatic rings. The fourth-order valence-electron chi connectivity index (χ4n) is 0.164. The fourth-order valence-corrected chi connectivity index (χ4v) is 0.566. The van der Waals surface area contributed by atoms with Crippen LogP contribution in [0.5, 0.6) is 0 Å². The van der Waals surface area contributed by atoms with Gasteiger partial charge in [0.2, 0.25) is 0 Å². The zero-order valence-corrected chi connectivity index (χ0v) is 9.10. The molecule has 14 heavy (non-hydrogen) atoms. The molecule has 0 saturated carbocycles. The van der Waals surface area contributed by atoms with Crippen molar-refractivity contribution in [2.24, 2.45) is 0 Å². The number of nitrogens with zero attached hydrogens (tertiary/aromatic N) is 1. The number of hydrogen-bond acceptors (Lipinski definition) is 8. The van der Waals surface area contributed by atoms with Crippen LogP contribution in [0.15, 0.2) is 0 Å². The first-order valence-corrected chi connectivity index (χ1v) is 4.60. The Kier molecular flexibility index (Phi) is 9.14. The van der Waals surface area contributed by atoms with Crippen molar-refractivity contribution in [1.82, 2.24) is 0 Å². The van der Waals surface area contributed by atoms with Crippen LogP contribution in [0.2, 0.25) is 0 Å². The van der Waals surface area contributed by atoms with Gasteiger partial charge in [0.05, 0.1) is 0 Å². The van der Waals surface area contributed by atoms with Crippen LogP contribution in [-0.4, -0.2) is 31.0 Å². The average Bonchev–Trinajstić information content (AvgIpc) is 1.49. The third kappa shape index (κ3) is 14.6. The van der Waals surface area contributed by atoms with Crippen LogP contribution in [0.1, 0.15) is 0 Å².